The van der Waals surface area contributed by atoms with Crippen LogP contribution in [0.4, 0.5) is 0 Å². The SMILES string of the molecule is CC/C=C\C/C=C\C/C=C\C/C=C\C/C=C\C/C=C\C/C=C\C/C=C\C/C=C\C/C=C\C/C=C\CCCCCCCCCC(=O)NC(COC1OC(CO)C(O)C(O)C1O)C(O)CCCCCC. The molecule has 7 atom stereocenters. The summed E-state index contributed by atoms with van der Waals surface area (Å²) in [5, 5.41) is 53.8. The summed E-state index contributed by atoms with van der Waals surface area (Å²) in [6.07, 6.45) is 65.6. The van der Waals surface area contributed by atoms with Gasteiger partial charge in [-0.25, -0.2) is 0 Å². The van der Waals surface area contributed by atoms with Crippen LogP contribution in [-0.4, -0.2) is 87.5 Å². The lowest BCUT2D eigenvalue weighted by atomic mass is 9.99. The molecule has 7 unspecified atom stereocenters. The first kappa shape index (κ1) is 62.3. The predicted molar refractivity (Wildman–Crippen MR) is 285 cm³/mol. The van der Waals surface area contributed by atoms with Crippen molar-refractivity contribution in [1.82, 2.24) is 5.32 Å². The Morgan fingerprint density at radius 3 is 1.34 bits per heavy atom. The van der Waals surface area contributed by atoms with Gasteiger partial charge in [-0.1, -0.05) is 205 Å². The fourth-order valence-electron chi connectivity index (χ4n) is 7.34. The van der Waals surface area contributed by atoms with E-state index in [0.29, 0.717) is 12.8 Å². The van der Waals surface area contributed by atoms with E-state index < -0.39 is 49.5 Å². The van der Waals surface area contributed by atoms with E-state index >= 15 is 0 Å². The minimum atomic E-state index is -1.56. The Balaban J connectivity index is 2.06. The van der Waals surface area contributed by atoms with Crippen LogP contribution in [0.3, 0.4) is 0 Å². The molecule has 384 valence electrons. The lowest BCUT2D eigenvalue weighted by Crippen LogP contribution is -2.60. The van der Waals surface area contributed by atoms with Crippen LogP contribution in [0, 0.1) is 0 Å². The Labute approximate surface area is 413 Å². The molecular weight excluding hydrogens is 851 g/mol. The Kier molecular flexibility index (Phi) is 43.1. The van der Waals surface area contributed by atoms with Gasteiger partial charge in [0.25, 0.3) is 0 Å². The lowest BCUT2D eigenvalue weighted by Gasteiger charge is -2.40. The fourth-order valence-corrected chi connectivity index (χ4v) is 7.34. The largest absolute Gasteiger partial charge is 0.394 e. The first-order chi connectivity index (χ1) is 33.3. The molecule has 0 aromatic rings. The van der Waals surface area contributed by atoms with Crippen molar-refractivity contribution >= 4 is 5.91 Å². The number of amides is 1. The van der Waals surface area contributed by atoms with Crippen LogP contribution < -0.4 is 5.32 Å². The molecule has 1 heterocycles. The van der Waals surface area contributed by atoms with Crippen molar-refractivity contribution < 1.29 is 39.8 Å². The van der Waals surface area contributed by atoms with Gasteiger partial charge in [-0.2, -0.15) is 0 Å². The number of aliphatic hydroxyl groups excluding tert-OH is 5. The zero-order valence-electron chi connectivity index (χ0n) is 42.3. The van der Waals surface area contributed by atoms with Gasteiger partial charge in [-0.15, -0.1) is 0 Å². The van der Waals surface area contributed by atoms with E-state index in [0.717, 1.165) is 128 Å². The van der Waals surface area contributed by atoms with Crippen LogP contribution >= 0.6 is 0 Å². The second-order valence-electron chi connectivity index (χ2n) is 17.6. The highest BCUT2D eigenvalue weighted by atomic mass is 16.7. The van der Waals surface area contributed by atoms with Gasteiger partial charge in [0, 0.05) is 6.42 Å². The predicted octanol–water partition coefficient (Wildman–Crippen LogP) is 12.6. The quantitative estimate of drug-likeness (QED) is 0.0262. The normalized spacial score (nSPS) is 20.7. The number of allylic oxidation sites excluding steroid dienone is 22. The van der Waals surface area contributed by atoms with Crippen molar-refractivity contribution in [1.29, 1.82) is 0 Å². The zero-order valence-corrected chi connectivity index (χ0v) is 42.3. The highest BCUT2D eigenvalue weighted by Crippen LogP contribution is 2.23. The van der Waals surface area contributed by atoms with Crippen molar-refractivity contribution in [2.75, 3.05) is 13.2 Å². The van der Waals surface area contributed by atoms with Gasteiger partial charge in [-0.3, -0.25) is 4.79 Å². The van der Waals surface area contributed by atoms with E-state index in [1.165, 1.54) is 19.3 Å². The summed E-state index contributed by atoms with van der Waals surface area (Å²) < 4.78 is 11.1. The second-order valence-corrected chi connectivity index (χ2v) is 17.6. The van der Waals surface area contributed by atoms with Crippen LogP contribution in [0.15, 0.2) is 134 Å². The third-order valence-corrected chi connectivity index (χ3v) is 11.5. The summed E-state index contributed by atoms with van der Waals surface area (Å²) in [5.74, 6) is -0.172. The van der Waals surface area contributed by atoms with Crippen LogP contribution in [0.1, 0.15) is 174 Å². The standard InChI is InChI=1S/C59H95NO8/c1-3-5-7-9-10-11-12-13-14-15-16-17-18-19-20-21-22-23-24-25-26-27-28-29-30-31-32-33-34-35-36-37-38-39-40-41-42-43-44-45-47-49-55(63)60-52(53(62)48-46-8-6-4-2)51-67-59-58(66)57(65)56(64)54(50-61)68-59/h5,7,10-11,13-14,16-17,19-20,22-23,25-26,28-29,31-32,34-35,37-38,52-54,56-59,61-62,64-66H,3-4,6,8-9,12,15,18,21,24,27,30,33,36,39-51H2,1-2H3,(H,60,63)/b7-5-,11-10-,14-13-,17-16-,20-19-,23-22-,26-25-,29-28-,32-31-,35-34-,38-37-. The van der Waals surface area contributed by atoms with Gasteiger partial charge in [-0.05, 0) is 96.3 Å². The van der Waals surface area contributed by atoms with E-state index in [-0.39, 0.29) is 12.5 Å². The molecule has 1 saturated heterocycles. The molecule has 9 nitrogen and oxygen atoms in total. The number of carbonyl (C=O) groups excluding carboxylic acids is 1. The molecule has 0 aromatic heterocycles. The number of aliphatic hydroxyl groups is 5. The maximum absolute atomic E-state index is 12.9. The minimum absolute atomic E-state index is 0.154. The van der Waals surface area contributed by atoms with E-state index in [2.05, 4.69) is 153 Å². The number of carbonyl (C=O) groups is 1. The molecular formula is C59H95NO8. The minimum Gasteiger partial charge on any atom is -0.394 e. The summed E-state index contributed by atoms with van der Waals surface area (Å²) in [4.78, 5) is 12.9. The third kappa shape index (κ3) is 36.3. The average Bonchev–Trinajstić information content (AvgIpc) is 3.34. The van der Waals surface area contributed by atoms with E-state index in [9.17, 15) is 30.3 Å². The molecule has 6 N–H and O–H groups in total. The number of unbranched alkanes of at least 4 members (excludes halogenated alkanes) is 10. The molecule has 1 rings (SSSR count). The first-order valence-corrected chi connectivity index (χ1v) is 26.4. The van der Waals surface area contributed by atoms with Gasteiger partial charge >= 0.3 is 0 Å². The van der Waals surface area contributed by atoms with Crippen LogP contribution in [0.25, 0.3) is 0 Å². The highest BCUT2D eigenvalue weighted by molar-refractivity contribution is 5.76. The molecule has 1 amide bonds. The summed E-state index contributed by atoms with van der Waals surface area (Å²) in [5.41, 5.74) is 0. The highest BCUT2D eigenvalue weighted by Gasteiger charge is 2.44. The van der Waals surface area contributed by atoms with Gasteiger partial charge in [0.1, 0.15) is 24.4 Å². The molecule has 0 aromatic carbocycles. The van der Waals surface area contributed by atoms with Crippen LogP contribution in [0.2, 0.25) is 0 Å². The van der Waals surface area contributed by atoms with Crippen molar-refractivity contribution in [2.24, 2.45) is 0 Å². The van der Waals surface area contributed by atoms with Crippen LogP contribution in [-0.2, 0) is 14.3 Å². The second kappa shape index (κ2) is 47.0. The van der Waals surface area contributed by atoms with E-state index in [1.807, 2.05) is 0 Å². The molecule has 68 heavy (non-hydrogen) atoms. The molecule has 0 radical (unpaired) electrons. The Morgan fingerprint density at radius 2 is 0.912 bits per heavy atom. The number of hydrogen-bond donors (Lipinski definition) is 6. The zero-order chi connectivity index (χ0) is 49.4. The molecule has 0 bridgehead atoms. The Bertz CT molecular complexity index is 1520. The first-order valence-electron chi connectivity index (χ1n) is 26.4. The number of ether oxygens (including phenoxy) is 2. The molecule has 1 aliphatic rings. The van der Waals surface area contributed by atoms with Gasteiger partial charge in [0.05, 0.1) is 25.4 Å². The maximum Gasteiger partial charge on any atom is 0.220 e. The Morgan fingerprint density at radius 1 is 0.515 bits per heavy atom. The number of nitrogens with one attached hydrogen (secondary N) is 1. The van der Waals surface area contributed by atoms with Gasteiger partial charge in [0.2, 0.25) is 5.91 Å². The van der Waals surface area contributed by atoms with Crippen molar-refractivity contribution in [3.63, 3.8) is 0 Å². The lowest BCUT2D eigenvalue weighted by molar-refractivity contribution is -0.302. The molecule has 0 saturated carbocycles. The van der Waals surface area contributed by atoms with Crippen molar-refractivity contribution in [3.8, 4) is 0 Å². The summed E-state index contributed by atoms with van der Waals surface area (Å²) in [6, 6.07) is -0.730. The summed E-state index contributed by atoms with van der Waals surface area (Å²) in [7, 11) is 0. The molecule has 1 aliphatic heterocycles. The average molecular weight is 946 g/mol. The van der Waals surface area contributed by atoms with Gasteiger partial charge < -0.3 is 40.3 Å². The monoisotopic (exact) mass is 946 g/mol. The molecule has 0 aliphatic carbocycles. The summed E-state index contributed by atoms with van der Waals surface area (Å²) in [6.45, 7) is 3.56. The third-order valence-electron chi connectivity index (χ3n) is 11.5. The molecule has 9 heteroatoms. The molecule has 1 fully saturated rings. The van der Waals surface area contributed by atoms with E-state index in [1.54, 1.807) is 0 Å². The smallest absolute Gasteiger partial charge is 0.220 e. The number of hydrogen-bond acceptors (Lipinski definition) is 8. The van der Waals surface area contributed by atoms with Crippen molar-refractivity contribution in [3.05, 3.63) is 134 Å². The van der Waals surface area contributed by atoms with Crippen molar-refractivity contribution in [2.45, 2.75) is 217 Å². The molecule has 0 spiro atoms. The number of rotatable bonds is 42. The van der Waals surface area contributed by atoms with Crippen LogP contribution in [0.5, 0.6) is 0 Å². The maximum atomic E-state index is 12.9. The topological polar surface area (TPSA) is 149 Å². The fraction of sp³-hybridized carbons (Fsp3) is 0.610. The Hall–Kier alpha value is -3.67. The van der Waals surface area contributed by atoms with E-state index in [4.69, 9.17) is 9.47 Å². The van der Waals surface area contributed by atoms with Gasteiger partial charge in [0.15, 0.2) is 6.29 Å². The summed E-state index contributed by atoms with van der Waals surface area (Å²) >= 11 is 0.